The maximum Gasteiger partial charge on any atom is 0.252 e. The van der Waals surface area contributed by atoms with Crippen LogP contribution in [0.2, 0.25) is 0 Å². The van der Waals surface area contributed by atoms with Crippen molar-refractivity contribution in [1.29, 1.82) is 0 Å². The number of rotatable bonds is 3. The van der Waals surface area contributed by atoms with E-state index in [0.717, 1.165) is 11.1 Å². The standard InChI is InChI=1S/C9H11NOS/c1-3-4-10-9(11)8-6-12-5-7(8)2/h3,5-6H,1,4H2,2H3,(H,10,11). The number of thiophene rings is 1. The second kappa shape index (κ2) is 4.07. The van der Waals surface area contributed by atoms with Crippen LogP contribution in [0.25, 0.3) is 0 Å². The predicted molar refractivity (Wildman–Crippen MR) is 51.6 cm³/mol. The van der Waals surface area contributed by atoms with Gasteiger partial charge in [-0.2, -0.15) is 11.3 Å². The Hall–Kier alpha value is -1.09. The minimum Gasteiger partial charge on any atom is -0.349 e. The molecule has 64 valence electrons. The quantitative estimate of drug-likeness (QED) is 0.710. The van der Waals surface area contributed by atoms with Gasteiger partial charge in [0, 0.05) is 11.9 Å². The Bertz CT molecular complexity index is 290. The van der Waals surface area contributed by atoms with Crippen LogP contribution in [0.3, 0.4) is 0 Å². The molecule has 0 saturated carbocycles. The fraction of sp³-hybridized carbons (Fsp3) is 0.222. The molecule has 0 fully saturated rings. The number of hydrogen-bond acceptors (Lipinski definition) is 2. The van der Waals surface area contributed by atoms with Crippen molar-refractivity contribution in [3.05, 3.63) is 34.5 Å². The van der Waals surface area contributed by atoms with E-state index >= 15 is 0 Å². The minimum absolute atomic E-state index is 0.0198. The van der Waals surface area contributed by atoms with Crippen LogP contribution in [0.1, 0.15) is 15.9 Å². The van der Waals surface area contributed by atoms with E-state index in [1.54, 1.807) is 17.4 Å². The lowest BCUT2D eigenvalue weighted by molar-refractivity contribution is 0.0958. The van der Waals surface area contributed by atoms with Gasteiger partial charge >= 0.3 is 0 Å². The number of hydrogen-bond donors (Lipinski definition) is 1. The topological polar surface area (TPSA) is 29.1 Å². The summed E-state index contributed by atoms with van der Waals surface area (Å²) in [6.45, 7) is 5.98. The smallest absolute Gasteiger partial charge is 0.252 e. The largest absolute Gasteiger partial charge is 0.349 e. The van der Waals surface area contributed by atoms with Gasteiger partial charge in [0.25, 0.3) is 5.91 Å². The van der Waals surface area contributed by atoms with Gasteiger partial charge in [0.2, 0.25) is 0 Å². The average molecular weight is 181 g/mol. The van der Waals surface area contributed by atoms with E-state index in [-0.39, 0.29) is 5.91 Å². The van der Waals surface area contributed by atoms with Gasteiger partial charge in [0.15, 0.2) is 0 Å². The number of amides is 1. The van der Waals surface area contributed by atoms with Gasteiger partial charge in [-0.15, -0.1) is 6.58 Å². The molecule has 0 bridgehead atoms. The second-order valence-corrected chi connectivity index (χ2v) is 3.21. The maximum atomic E-state index is 11.3. The van der Waals surface area contributed by atoms with Crippen molar-refractivity contribution in [2.75, 3.05) is 6.54 Å². The molecule has 0 aromatic carbocycles. The van der Waals surface area contributed by atoms with Crippen LogP contribution in [0.15, 0.2) is 23.4 Å². The summed E-state index contributed by atoms with van der Waals surface area (Å²) in [5, 5.41) is 6.54. The van der Waals surface area contributed by atoms with Crippen molar-refractivity contribution in [2.24, 2.45) is 0 Å². The monoisotopic (exact) mass is 181 g/mol. The van der Waals surface area contributed by atoms with Crippen LogP contribution in [0.5, 0.6) is 0 Å². The Morgan fingerprint density at radius 1 is 1.75 bits per heavy atom. The number of carbonyl (C=O) groups is 1. The average Bonchev–Trinajstić information content (AvgIpc) is 2.47. The molecule has 0 unspecified atom stereocenters. The molecule has 1 N–H and O–H groups in total. The van der Waals surface area contributed by atoms with Crippen molar-refractivity contribution < 1.29 is 4.79 Å². The summed E-state index contributed by atoms with van der Waals surface area (Å²) < 4.78 is 0. The van der Waals surface area contributed by atoms with Gasteiger partial charge in [0.1, 0.15) is 0 Å². The molecule has 12 heavy (non-hydrogen) atoms. The molecule has 1 aromatic heterocycles. The molecular weight excluding hydrogens is 170 g/mol. The lowest BCUT2D eigenvalue weighted by atomic mass is 10.2. The molecule has 1 amide bonds. The highest BCUT2D eigenvalue weighted by atomic mass is 32.1. The normalized spacial score (nSPS) is 9.42. The zero-order chi connectivity index (χ0) is 8.97. The first-order valence-corrected chi connectivity index (χ1v) is 4.62. The van der Waals surface area contributed by atoms with E-state index in [2.05, 4.69) is 11.9 Å². The summed E-state index contributed by atoms with van der Waals surface area (Å²) in [7, 11) is 0. The Kier molecular flexibility index (Phi) is 3.05. The molecule has 0 atom stereocenters. The molecule has 1 heterocycles. The van der Waals surface area contributed by atoms with E-state index in [4.69, 9.17) is 0 Å². The summed E-state index contributed by atoms with van der Waals surface area (Å²) >= 11 is 1.54. The van der Waals surface area contributed by atoms with E-state index in [1.165, 1.54) is 0 Å². The molecule has 0 aliphatic heterocycles. The second-order valence-electron chi connectivity index (χ2n) is 2.47. The Morgan fingerprint density at radius 3 is 3.00 bits per heavy atom. The van der Waals surface area contributed by atoms with Gasteiger partial charge < -0.3 is 5.32 Å². The van der Waals surface area contributed by atoms with Gasteiger partial charge in [0.05, 0.1) is 5.56 Å². The minimum atomic E-state index is -0.0198. The van der Waals surface area contributed by atoms with Crippen LogP contribution in [-0.2, 0) is 0 Å². The lowest BCUT2D eigenvalue weighted by Gasteiger charge is -1.99. The van der Waals surface area contributed by atoms with Crippen LogP contribution in [-0.4, -0.2) is 12.5 Å². The molecule has 2 nitrogen and oxygen atoms in total. The maximum absolute atomic E-state index is 11.3. The fourth-order valence-electron chi connectivity index (χ4n) is 0.853. The van der Waals surface area contributed by atoms with Crippen LogP contribution < -0.4 is 5.32 Å². The number of carbonyl (C=O) groups excluding carboxylic acids is 1. The first-order chi connectivity index (χ1) is 5.75. The molecule has 1 rings (SSSR count). The van der Waals surface area contributed by atoms with Crippen LogP contribution in [0.4, 0.5) is 0 Å². The van der Waals surface area contributed by atoms with E-state index in [1.807, 2.05) is 17.7 Å². The third-order valence-corrected chi connectivity index (χ3v) is 2.37. The van der Waals surface area contributed by atoms with E-state index in [9.17, 15) is 4.79 Å². The van der Waals surface area contributed by atoms with Crippen molar-refractivity contribution in [1.82, 2.24) is 5.32 Å². The van der Waals surface area contributed by atoms with Crippen LogP contribution in [0, 0.1) is 6.92 Å². The molecule has 0 spiro atoms. The van der Waals surface area contributed by atoms with Gasteiger partial charge in [-0.1, -0.05) is 6.08 Å². The van der Waals surface area contributed by atoms with Crippen molar-refractivity contribution in [3.8, 4) is 0 Å². The highest BCUT2D eigenvalue weighted by molar-refractivity contribution is 7.08. The predicted octanol–water partition coefficient (Wildman–Crippen LogP) is 1.97. The summed E-state index contributed by atoms with van der Waals surface area (Å²) in [5.74, 6) is -0.0198. The number of aryl methyl sites for hydroxylation is 1. The summed E-state index contributed by atoms with van der Waals surface area (Å²) in [4.78, 5) is 11.3. The number of nitrogens with one attached hydrogen (secondary N) is 1. The Morgan fingerprint density at radius 2 is 2.50 bits per heavy atom. The molecule has 3 heteroatoms. The van der Waals surface area contributed by atoms with E-state index < -0.39 is 0 Å². The highest BCUT2D eigenvalue weighted by Gasteiger charge is 2.07. The van der Waals surface area contributed by atoms with Gasteiger partial charge in [-0.3, -0.25) is 4.79 Å². The fourth-order valence-corrected chi connectivity index (χ4v) is 1.68. The first kappa shape index (κ1) is 9.00. The molecule has 0 aliphatic rings. The van der Waals surface area contributed by atoms with Crippen molar-refractivity contribution >= 4 is 17.2 Å². The SMILES string of the molecule is C=CCNC(=O)c1cscc1C. The lowest BCUT2D eigenvalue weighted by Crippen LogP contribution is -2.23. The molecule has 0 saturated heterocycles. The summed E-state index contributed by atoms with van der Waals surface area (Å²) in [5.41, 5.74) is 1.79. The first-order valence-electron chi connectivity index (χ1n) is 3.67. The molecular formula is C9H11NOS. The van der Waals surface area contributed by atoms with E-state index in [0.29, 0.717) is 6.54 Å². The third kappa shape index (κ3) is 1.95. The summed E-state index contributed by atoms with van der Waals surface area (Å²) in [6.07, 6.45) is 1.67. The Labute approximate surface area is 75.9 Å². The van der Waals surface area contributed by atoms with Gasteiger partial charge in [-0.05, 0) is 17.9 Å². The Balaban J connectivity index is 2.65. The zero-order valence-corrected chi connectivity index (χ0v) is 7.78. The zero-order valence-electron chi connectivity index (χ0n) is 6.96. The van der Waals surface area contributed by atoms with Crippen molar-refractivity contribution in [2.45, 2.75) is 6.92 Å². The molecule has 0 radical (unpaired) electrons. The van der Waals surface area contributed by atoms with Crippen LogP contribution >= 0.6 is 11.3 Å². The van der Waals surface area contributed by atoms with Crippen molar-refractivity contribution in [3.63, 3.8) is 0 Å². The van der Waals surface area contributed by atoms with Gasteiger partial charge in [-0.25, -0.2) is 0 Å². The molecule has 1 aromatic rings. The molecule has 0 aliphatic carbocycles. The third-order valence-electron chi connectivity index (χ3n) is 1.51. The summed E-state index contributed by atoms with van der Waals surface area (Å²) in [6, 6.07) is 0. The highest BCUT2D eigenvalue weighted by Crippen LogP contribution is 2.12.